The van der Waals surface area contributed by atoms with Crippen LogP contribution in [-0.4, -0.2) is 25.0 Å². The highest BCUT2D eigenvalue weighted by Gasteiger charge is 2.32. The Bertz CT molecular complexity index is 1020. The van der Waals surface area contributed by atoms with E-state index in [1.165, 1.54) is 12.3 Å². The first-order valence-electron chi connectivity index (χ1n) is 10.5. The number of halogens is 3. The molecule has 3 rings (SSSR count). The van der Waals surface area contributed by atoms with Crippen molar-refractivity contribution >= 4 is 5.91 Å². The summed E-state index contributed by atoms with van der Waals surface area (Å²) in [6, 6.07) is 18.1. The lowest BCUT2D eigenvalue weighted by atomic mass is 9.97. The molecule has 0 bridgehead atoms. The molecule has 3 aromatic rings. The number of hydrogen-bond acceptors (Lipinski definition) is 4. The van der Waals surface area contributed by atoms with Gasteiger partial charge >= 0.3 is 6.18 Å². The van der Waals surface area contributed by atoms with E-state index in [0.717, 1.165) is 22.9 Å². The average Bonchev–Trinajstić information content (AvgIpc) is 2.84. The Morgan fingerprint density at radius 1 is 1.00 bits per heavy atom. The number of aromatic nitrogens is 1. The molecule has 0 spiro atoms. The van der Waals surface area contributed by atoms with E-state index in [1.807, 2.05) is 54.6 Å². The van der Waals surface area contributed by atoms with Crippen molar-refractivity contribution in [2.24, 2.45) is 0 Å². The lowest BCUT2D eigenvalue weighted by Gasteiger charge is -2.26. The van der Waals surface area contributed by atoms with E-state index in [-0.39, 0.29) is 5.91 Å². The molecular weight excluding hydrogens is 431 g/mol. The van der Waals surface area contributed by atoms with Crippen LogP contribution in [-0.2, 0) is 17.4 Å². The Morgan fingerprint density at radius 2 is 1.70 bits per heavy atom. The number of benzene rings is 2. The third-order valence-electron chi connectivity index (χ3n) is 5.37. The van der Waals surface area contributed by atoms with Gasteiger partial charge in [0.2, 0.25) is 5.91 Å². The van der Waals surface area contributed by atoms with Crippen molar-refractivity contribution in [2.75, 3.05) is 14.2 Å². The molecule has 0 radical (unpaired) electrons. The van der Waals surface area contributed by atoms with Gasteiger partial charge in [0, 0.05) is 19.3 Å². The van der Waals surface area contributed by atoms with Crippen molar-refractivity contribution in [2.45, 2.75) is 31.1 Å². The van der Waals surface area contributed by atoms with E-state index >= 15 is 0 Å². The Labute approximate surface area is 191 Å². The molecule has 5 nitrogen and oxygen atoms in total. The van der Waals surface area contributed by atoms with Gasteiger partial charge in [0.15, 0.2) is 0 Å². The molecule has 0 aliphatic rings. The smallest absolute Gasteiger partial charge is 0.433 e. The van der Waals surface area contributed by atoms with Gasteiger partial charge in [-0.3, -0.25) is 15.1 Å². The number of ether oxygens (including phenoxy) is 1. The largest absolute Gasteiger partial charge is 0.497 e. The Kier molecular flexibility index (Phi) is 8.06. The molecule has 0 fully saturated rings. The molecule has 0 aliphatic carbocycles. The molecule has 2 aromatic carbocycles. The average molecular weight is 457 g/mol. The van der Waals surface area contributed by atoms with Gasteiger partial charge in [-0.15, -0.1) is 0 Å². The van der Waals surface area contributed by atoms with Crippen LogP contribution in [0.25, 0.3) is 0 Å². The van der Waals surface area contributed by atoms with E-state index in [9.17, 15) is 18.0 Å². The van der Waals surface area contributed by atoms with Crippen molar-refractivity contribution in [3.8, 4) is 5.75 Å². The predicted molar refractivity (Wildman–Crippen MR) is 120 cm³/mol. The first-order chi connectivity index (χ1) is 15.8. The van der Waals surface area contributed by atoms with E-state index < -0.39 is 24.0 Å². The number of nitrogens with zero attached hydrogens (tertiary/aromatic N) is 1. The maximum absolute atomic E-state index is 13.0. The summed E-state index contributed by atoms with van der Waals surface area (Å²) in [6.45, 7) is 0. The second-order valence-electron chi connectivity index (χ2n) is 7.54. The lowest BCUT2D eigenvalue weighted by molar-refractivity contribution is -0.141. The summed E-state index contributed by atoms with van der Waals surface area (Å²) in [7, 11) is 3.14. The van der Waals surface area contributed by atoms with Crippen molar-refractivity contribution in [1.82, 2.24) is 15.6 Å². The SMILES string of the molecule is CNC(=O)C(NC(CCc1ccc(OC)cc1)c1ccc(C(F)(F)F)nc1)c1ccccc1. The van der Waals surface area contributed by atoms with Gasteiger partial charge in [-0.25, -0.2) is 0 Å². The van der Waals surface area contributed by atoms with Gasteiger partial charge in [0.05, 0.1) is 7.11 Å². The highest BCUT2D eigenvalue weighted by atomic mass is 19.4. The van der Waals surface area contributed by atoms with Gasteiger partial charge in [-0.1, -0.05) is 48.5 Å². The lowest BCUT2D eigenvalue weighted by Crippen LogP contribution is -2.38. The molecule has 1 aromatic heterocycles. The number of hydrogen-bond donors (Lipinski definition) is 2. The van der Waals surface area contributed by atoms with E-state index in [4.69, 9.17) is 4.74 Å². The summed E-state index contributed by atoms with van der Waals surface area (Å²) >= 11 is 0. The van der Waals surface area contributed by atoms with Crippen molar-refractivity contribution in [3.05, 3.63) is 95.3 Å². The van der Waals surface area contributed by atoms with Crippen LogP contribution in [0, 0.1) is 0 Å². The number of carbonyl (C=O) groups is 1. The molecule has 2 unspecified atom stereocenters. The molecule has 0 saturated heterocycles. The maximum Gasteiger partial charge on any atom is 0.433 e. The summed E-state index contributed by atoms with van der Waals surface area (Å²) in [6.07, 6.45) is -2.11. The fourth-order valence-corrected chi connectivity index (χ4v) is 3.54. The van der Waals surface area contributed by atoms with Crippen LogP contribution in [0.15, 0.2) is 72.9 Å². The summed E-state index contributed by atoms with van der Waals surface area (Å²) in [5, 5.41) is 5.99. The highest BCUT2D eigenvalue weighted by Crippen LogP contribution is 2.30. The number of alkyl halides is 3. The molecule has 8 heteroatoms. The standard InChI is InChI=1S/C25H26F3N3O2/c1-29-24(32)23(18-6-4-3-5-7-18)31-21(14-10-17-8-12-20(33-2)13-9-17)19-11-15-22(30-16-19)25(26,27)28/h3-9,11-13,15-16,21,23,31H,10,14H2,1-2H3,(H,29,32). The van der Waals surface area contributed by atoms with E-state index in [0.29, 0.717) is 18.4 Å². The minimum Gasteiger partial charge on any atom is -0.497 e. The van der Waals surface area contributed by atoms with Gasteiger partial charge in [-0.2, -0.15) is 13.2 Å². The number of likely N-dealkylation sites (N-methyl/N-ethyl adjacent to an activating group) is 1. The normalized spacial score (nSPS) is 13.2. The Hall–Kier alpha value is -3.39. The third kappa shape index (κ3) is 6.55. The zero-order chi connectivity index (χ0) is 23.8. The molecule has 1 heterocycles. The Morgan fingerprint density at radius 3 is 2.24 bits per heavy atom. The topological polar surface area (TPSA) is 63.2 Å². The minimum absolute atomic E-state index is 0.240. The fraction of sp³-hybridized carbons (Fsp3) is 0.280. The monoisotopic (exact) mass is 457 g/mol. The van der Waals surface area contributed by atoms with Gasteiger partial charge in [0.1, 0.15) is 17.5 Å². The molecule has 174 valence electrons. The number of methoxy groups -OCH3 is 1. The van der Waals surface area contributed by atoms with Crippen LogP contribution in [0.4, 0.5) is 13.2 Å². The van der Waals surface area contributed by atoms with Gasteiger partial charge < -0.3 is 10.1 Å². The number of nitrogens with one attached hydrogen (secondary N) is 2. The third-order valence-corrected chi connectivity index (χ3v) is 5.37. The van der Waals surface area contributed by atoms with Crippen LogP contribution in [0.2, 0.25) is 0 Å². The van der Waals surface area contributed by atoms with E-state index in [1.54, 1.807) is 14.2 Å². The van der Waals surface area contributed by atoms with Crippen molar-refractivity contribution < 1.29 is 22.7 Å². The zero-order valence-electron chi connectivity index (χ0n) is 18.4. The number of amides is 1. The van der Waals surface area contributed by atoms with E-state index in [2.05, 4.69) is 15.6 Å². The first-order valence-corrected chi connectivity index (χ1v) is 10.5. The number of pyridine rings is 1. The predicted octanol–water partition coefficient (Wildman–Crippen LogP) is 4.86. The first kappa shape index (κ1) is 24.3. The van der Waals surface area contributed by atoms with Crippen LogP contribution in [0.1, 0.15) is 40.9 Å². The Balaban J connectivity index is 1.88. The maximum atomic E-state index is 13.0. The van der Waals surface area contributed by atoms with Crippen LogP contribution >= 0.6 is 0 Å². The second-order valence-corrected chi connectivity index (χ2v) is 7.54. The molecule has 2 N–H and O–H groups in total. The quantitative estimate of drug-likeness (QED) is 0.482. The molecule has 0 aliphatic heterocycles. The van der Waals surface area contributed by atoms with Crippen molar-refractivity contribution in [3.63, 3.8) is 0 Å². The number of carbonyl (C=O) groups excluding carboxylic acids is 1. The fourth-order valence-electron chi connectivity index (χ4n) is 3.54. The summed E-state index contributed by atoms with van der Waals surface area (Å²) < 4.78 is 44.2. The van der Waals surface area contributed by atoms with Gasteiger partial charge in [0.25, 0.3) is 0 Å². The van der Waals surface area contributed by atoms with Crippen LogP contribution < -0.4 is 15.4 Å². The molecular formula is C25H26F3N3O2. The minimum atomic E-state index is -4.51. The second kappa shape index (κ2) is 11.0. The molecule has 0 saturated carbocycles. The molecule has 2 atom stereocenters. The summed E-state index contributed by atoms with van der Waals surface area (Å²) in [5.41, 5.74) is 1.41. The number of aryl methyl sites for hydroxylation is 1. The number of rotatable bonds is 9. The van der Waals surface area contributed by atoms with Gasteiger partial charge in [-0.05, 0) is 47.7 Å². The summed E-state index contributed by atoms with van der Waals surface area (Å²) in [4.78, 5) is 16.3. The zero-order valence-corrected chi connectivity index (χ0v) is 18.4. The molecule has 33 heavy (non-hydrogen) atoms. The van der Waals surface area contributed by atoms with Crippen LogP contribution in [0.3, 0.4) is 0 Å². The summed E-state index contributed by atoms with van der Waals surface area (Å²) in [5.74, 6) is 0.500. The van der Waals surface area contributed by atoms with Crippen LogP contribution in [0.5, 0.6) is 5.75 Å². The van der Waals surface area contributed by atoms with Crippen molar-refractivity contribution in [1.29, 1.82) is 0 Å². The molecule has 1 amide bonds. The highest BCUT2D eigenvalue weighted by molar-refractivity contribution is 5.83.